The van der Waals surface area contributed by atoms with E-state index >= 15 is 0 Å². The fraction of sp³-hybridized carbons (Fsp3) is 0.588. The first-order chi connectivity index (χ1) is 10.7. The molecule has 0 aromatic heterocycles. The van der Waals surface area contributed by atoms with Crippen LogP contribution in [0.5, 0.6) is 0 Å². The summed E-state index contributed by atoms with van der Waals surface area (Å²) in [7, 11) is 1.54. The van der Waals surface area contributed by atoms with Crippen molar-refractivity contribution in [1.29, 1.82) is 0 Å². The number of amides is 1. The van der Waals surface area contributed by atoms with E-state index in [0.717, 1.165) is 12.1 Å². The molecule has 3 N–H and O–H groups in total. The lowest BCUT2D eigenvalue weighted by molar-refractivity contribution is -0.123. The number of likely N-dealkylation sites (tertiary alicyclic amines) is 1. The van der Waals surface area contributed by atoms with Gasteiger partial charge in [-0.25, -0.2) is 0 Å². The Morgan fingerprint density at radius 2 is 1.86 bits per heavy atom. The van der Waals surface area contributed by atoms with Gasteiger partial charge in [0, 0.05) is 20.2 Å². The molecule has 1 aromatic rings. The van der Waals surface area contributed by atoms with Crippen LogP contribution in [-0.4, -0.2) is 43.7 Å². The lowest BCUT2D eigenvalue weighted by atomic mass is 10.1. The smallest absolute Gasteiger partial charge is 0.239 e. The number of carbonyl (C=O) groups excluding carboxylic acids is 1. The third kappa shape index (κ3) is 5.40. The number of rotatable bonds is 7. The van der Waals surface area contributed by atoms with Crippen LogP contribution in [0.25, 0.3) is 0 Å². The van der Waals surface area contributed by atoms with Crippen molar-refractivity contribution in [3.05, 3.63) is 35.4 Å². The first-order valence-electron chi connectivity index (χ1n) is 8.01. The van der Waals surface area contributed by atoms with E-state index in [9.17, 15) is 4.79 Å². The van der Waals surface area contributed by atoms with Crippen molar-refractivity contribution >= 4 is 5.91 Å². The maximum Gasteiger partial charge on any atom is 0.239 e. The zero-order valence-electron chi connectivity index (χ0n) is 13.4. The molecule has 2 rings (SSSR count). The molecule has 1 aromatic carbocycles. The van der Waals surface area contributed by atoms with Gasteiger partial charge in [0.05, 0.1) is 6.61 Å². The number of ether oxygens (including phenoxy) is 1. The van der Waals surface area contributed by atoms with Gasteiger partial charge < -0.3 is 15.8 Å². The van der Waals surface area contributed by atoms with E-state index in [4.69, 9.17) is 10.5 Å². The second-order valence-electron chi connectivity index (χ2n) is 5.93. The average Bonchev–Trinajstić information content (AvgIpc) is 2.55. The van der Waals surface area contributed by atoms with Crippen LogP contribution in [0.2, 0.25) is 0 Å². The van der Waals surface area contributed by atoms with Crippen molar-refractivity contribution in [2.45, 2.75) is 38.4 Å². The van der Waals surface area contributed by atoms with Crippen LogP contribution in [0.15, 0.2) is 24.3 Å². The molecule has 0 bridgehead atoms. The molecule has 0 radical (unpaired) electrons. The number of hydrogen-bond acceptors (Lipinski definition) is 4. The van der Waals surface area contributed by atoms with Crippen LogP contribution in [0.3, 0.4) is 0 Å². The van der Waals surface area contributed by atoms with Crippen molar-refractivity contribution in [3.8, 4) is 0 Å². The van der Waals surface area contributed by atoms with Gasteiger partial charge in [-0.1, -0.05) is 30.7 Å². The maximum atomic E-state index is 11.7. The van der Waals surface area contributed by atoms with Crippen LogP contribution < -0.4 is 11.1 Å². The van der Waals surface area contributed by atoms with Crippen LogP contribution >= 0.6 is 0 Å². The van der Waals surface area contributed by atoms with Gasteiger partial charge in [-0.05, 0) is 37.1 Å². The summed E-state index contributed by atoms with van der Waals surface area (Å²) in [5.41, 5.74) is 8.09. The van der Waals surface area contributed by atoms with E-state index in [1.165, 1.54) is 45.0 Å². The maximum absolute atomic E-state index is 11.7. The van der Waals surface area contributed by atoms with Crippen LogP contribution in [0.1, 0.15) is 30.4 Å². The molecule has 0 aliphatic carbocycles. The highest BCUT2D eigenvalue weighted by molar-refractivity contribution is 5.81. The third-order valence-corrected chi connectivity index (χ3v) is 4.03. The molecule has 0 saturated carbocycles. The van der Waals surface area contributed by atoms with Gasteiger partial charge in [0.25, 0.3) is 0 Å². The molecule has 0 spiro atoms. The Bertz CT molecular complexity index is 455. The molecular weight excluding hydrogens is 278 g/mol. The molecule has 5 nitrogen and oxygen atoms in total. The summed E-state index contributed by atoms with van der Waals surface area (Å²) in [5, 5.41) is 2.83. The number of nitrogens with two attached hydrogens (primary N) is 1. The minimum atomic E-state index is -0.608. The molecule has 122 valence electrons. The monoisotopic (exact) mass is 305 g/mol. The third-order valence-electron chi connectivity index (χ3n) is 4.03. The largest absolute Gasteiger partial charge is 0.383 e. The van der Waals surface area contributed by atoms with Crippen molar-refractivity contribution in [2.75, 3.05) is 26.8 Å². The Hall–Kier alpha value is -1.43. The SMILES string of the molecule is COCC(N)C(=O)NCc1ccc(CN2CCCCC2)cc1. The predicted molar refractivity (Wildman–Crippen MR) is 87.3 cm³/mol. The molecule has 1 amide bonds. The number of piperidine rings is 1. The van der Waals surface area contributed by atoms with E-state index in [1.54, 1.807) is 0 Å². The van der Waals surface area contributed by atoms with Gasteiger partial charge in [-0.3, -0.25) is 9.69 Å². The molecule has 1 aliphatic heterocycles. The molecule has 1 heterocycles. The summed E-state index contributed by atoms with van der Waals surface area (Å²) in [6.07, 6.45) is 3.98. The minimum absolute atomic E-state index is 0.181. The fourth-order valence-corrected chi connectivity index (χ4v) is 2.71. The predicted octanol–water partition coefficient (Wildman–Crippen LogP) is 1.26. The first-order valence-corrected chi connectivity index (χ1v) is 8.01. The Balaban J connectivity index is 1.77. The van der Waals surface area contributed by atoms with E-state index in [-0.39, 0.29) is 12.5 Å². The van der Waals surface area contributed by atoms with Gasteiger partial charge in [-0.15, -0.1) is 0 Å². The number of hydrogen-bond donors (Lipinski definition) is 2. The van der Waals surface area contributed by atoms with Gasteiger partial charge in [0.2, 0.25) is 5.91 Å². The molecular formula is C17H27N3O2. The van der Waals surface area contributed by atoms with Crippen LogP contribution in [-0.2, 0) is 22.6 Å². The van der Waals surface area contributed by atoms with E-state index in [0.29, 0.717) is 6.54 Å². The second kappa shape index (κ2) is 8.88. The van der Waals surface area contributed by atoms with E-state index in [1.807, 2.05) is 0 Å². The molecule has 1 unspecified atom stereocenters. The lowest BCUT2D eigenvalue weighted by Crippen LogP contribution is -2.43. The van der Waals surface area contributed by atoms with Gasteiger partial charge in [0.15, 0.2) is 0 Å². The van der Waals surface area contributed by atoms with Crippen LogP contribution in [0.4, 0.5) is 0 Å². The number of benzene rings is 1. The molecule has 1 atom stereocenters. The molecule has 5 heteroatoms. The molecule has 1 saturated heterocycles. The Kier molecular flexibility index (Phi) is 6.83. The van der Waals surface area contributed by atoms with Crippen molar-refractivity contribution in [1.82, 2.24) is 10.2 Å². The number of carbonyl (C=O) groups is 1. The second-order valence-corrected chi connectivity index (χ2v) is 5.93. The Labute approximate surface area is 132 Å². The van der Waals surface area contributed by atoms with Crippen molar-refractivity contribution in [2.24, 2.45) is 5.73 Å². The lowest BCUT2D eigenvalue weighted by Gasteiger charge is -2.26. The minimum Gasteiger partial charge on any atom is -0.383 e. The zero-order chi connectivity index (χ0) is 15.8. The van der Waals surface area contributed by atoms with Crippen molar-refractivity contribution < 1.29 is 9.53 Å². The quantitative estimate of drug-likeness (QED) is 0.796. The fourth-order valence-electron chi connectivity index (χ4n) is 2.71. The molecule has 22 heavy (non-hydrogen) atoms. The average molecular weight is 305 g/mol. The van der Waals surface area contributed by atoms with E-state index in [2.05, 4.69) is 34.5 Å². The molecule has 1 fully saturated rings. The summed E-state index contributed by atoms with van der Waals surface area (Å²) >= 11 is 0. The summed E-state index contributed by atoms with van der Waals surface area (Å²) in [4.78, 5) is 14.2. The highest BCUT2D eigenvalue weighted by atomic mass is 16.5. The van der Waals surface area contributed by atoms with Crippen LogP contribution in [0, 0.1) is 0 Å². The summed E-state index contributed by atoms with van der Waals surface area (Å²) in [6.45, 7) is 4.16. The van der Waals surface area contributed by atoms with Crippen molar-refractivity contribution in [3.63, 3.8) is 0 Å². The zero-order valence-corrected chi connectivity index (χ0v) is 13.4. The highest BCUT2D eigenvalue weighted by Crippen LogP contribution is 2.13. The number of nitrogens with one attached hydrogen (secondary N) is 1. The van der Waals surface area contributed by atoms with Gasteiger partial charge >= 0.3 is 0 Å². The normalized spacial score (nSPS) is 17.2. The summed E-state index contributed by atoms with van der Waals surface area (Å²) < 4.78 is 4.87. The first kappa shape index (κ1) is 16.9. The van der Waals surface area contributed by atoms with Gasteiger partial charge in [0.1, 0.15) is 6.04 Å². The summed E-state index contributed by atoms with van der Waals surface area (Å²) in [6, 6.07) is 7.82. The number of nitrogens with zero attached hydrogens (tertiary/aromatic N) is 1. The van der Waals surface area contributed by atoms with Gasteiger partial charge in [-0.2, -0.15) is 0 Å². The number of methoxy groups -OCH3 is 1. The topological polar surface area (TPSA) is 67.6 Å². The summed E-state index contributed by atoms with van der Waals surface area (Å²) in [5.74, 6) is -0.181. The highest BCUT2D eigenvalue weighted by Gasteiger charge is 2.12. The standard InChI is InChI=1S/C17H27N3O2/c1-22-13-16(18)17(21)19-11-14-5-7-15(8-6-14)12-20-9-3-2-4-10-20/h5-8,16H,2-4,9-13,18H2,1H3,(H,19,21). The Morgan fingerprint density at radius 1 is 1.23 bits per heavy atom. The van der Waals surface area contributed by atoms with E-state index < -0.39 is 6.04 Å². The molecule has 1 aliphatic rings. The Morgan fingerprint density at radius 3 is 2.50 bits per heavy atom.